The van der Waals surface area contributed by atoms with Crippen LogP contribution in [0.15, 0.2) is 24.3 Å². The summed E-state index contributed by atoms with van der Waals surface area (Å²) in [5.41, 5.74) is 7.09. The lowest BCUT2D eigenvalue weighted by Crippen LogP contribution is -2.33. The van der Waals surface area contributed by atoms with Crippen LogP contribution < -0.4 is 5.73 Å². The van der Waals surface area contributed by atoms with Crippen molar-refractivity contribution < 1.29 is 17.9 Å². The van der Waals surface area contributed by atoms with Gasteiger partial charge in [0.15, 0.2) is 0 Å². The molecule has 7 heteroatoms. The molecule has 1 rings (SSSR count). The predicted molar refractivity (Wildman–Crippen MR) is 82.0 cm³/mol. The number of carbonyl (C=O) groups is 1. The van der Waals surface area contributed by atoms with Crippen molar-refractivity contribution in [2.75, 3.05) is 24.6 Å². The molecule has 1 aromatic carbocycles. The summed E-state index contributed by atoms with van der Waals surface area (Å²) in [6, 6.07) is 7.09. The SMILES string of the molecule is CCOC(=O)CCS(=O)(=O)N(CC)Cc1cccc(N)c1. The second-order valence-electron chi connectivity index (χ2n) is 4.54. The van der Waals surface area contributed by atoms with Gasteiger partial charge in [0.2, 0.25) is 10.0 Å². The maximum Gasteiger partial charge on any atom is 0.306 e. The highest BCUT2D eigenvalue weighted by atomic mass is 32.2. The molecule has 6 nitrogen and oxygen atoms in total. The summed E-state index contributed by atoms with van der Waals surface area (Å²) in [7, 11) is -3.51. The molecular weight excluding hydrogens is 292 g/mol. The molecule has 0 fully saturated rings. The number of hydrogen-bond donors (Lipinski definition) is 1. The second-order valence-corrected chi connectivity index (χ2v) is 6.63. The van der Waals surface area contributed by atoms with Crippen molar-refractivity contribution >= 4 is 21.7 Å². The fourth-order valence-corrected chi connectivity index (χ4v) is 3.30. The van der Waals surface area contributed by atoms with E-state index < -0.39 is 16.0 Å². The minimum absolute atomic E-state index is 0.135. The molecule has 0 aromatic heterocycles. The van der Waals surface area contributed by atoms with Crippen LogP contribution in [0.5, 0.6) is 0 Å². The molecule has 118 valence electrons. The van der Waals surface area contributed by atoms with Crippen LogP contribution in [-0.4, -0.2) is 37.6 Å². The Morgan fingerprint density at radius 2 is 2.05 bits per heavy atom. The zero-order valence-corrected chi connectivity index (χ0v) is 13.2. The van der Waals surface area contributed by atoms with Crippen LogP contribution in [0.25, 0.3) is 0 Å². The van der Waals surface area contributed by atoms with E-state index in [1.807, 2.05) is 6.07 Å². The first kappa shape index (κ1) is 17.5. The Bertz CT molecular complexity index is 572. The summed E-state index contributed by atoms with van der Waals surface area (Å²) in [5.74, 6) is -0.747. The zero-order chi connectivity index (χ0) is 15.9. The van der Waals surface area contributed by atoms with Crippen LogP contribution in [0.2, 0.25) is 0 Å². The van der Waals surface area contributed by atoms with E-state index in [1.54, 1.807) is 32.0 Å². The van der Waals surface area contributed by atoms with Crippen LogP contribution in [0.4, 0.5) is 5.69 Å². The molecule has 0 aliphatic carbocycles. The van der Waals surface area contributed by atoms with E-state index in [9.17, 15) is 13.2 Å². The monoisotopic (exact) mass is 314 g/mol. The summed E-state index contributed by atoms with van der Waals surface area (Å²) in [5, 5.41) is 0. The van der Waals surface area contributed by atoms with Crippen LogP contribution in [0, 0.1) is 0 Å². The topological polar surface area (TPSA) is 89.7 Å². The van der Waals surface area contributed by atoms with Crippen LogP contribution in [0.1, 0.15) is 25.8 Å². The first-order chi connectivity index (χ1) is 9.89. The first-order valence-corrected chi connectivity index (χ1v) is 8.47. The third kappa shape index (κ3) is 5.73. The first-order valence-electron chi connectivity index (χ1n) is 6.87. The molecule has 0 saturated carbocycles. The lowest BCUT2D eigenvalue weighted by Gasteiger charge is -2.20. The minimum Gasteiger partial charge on any atom is -0.466 e. The molecule has 0 unspecified atom stereocenters. The molecule has 0 atom stereocenters. The van der Waals surface area contributed by atoms with E-state index in [0.717, 1.165) is 5.56 Å². The Kier molecular flexibility index (Phi) is 6.64. The Morgan fingerprint density at radius 1 is 1.33 bits per heavy atom. The number of nitrogens with two attached hydrogens (primary N) is 1. The van der Waals surface area contributed by atoms with Gasteiger partial charge >= 0.3 is 5.97 Å². The number of esters is 1. The Balaban J connectivity index is 2.71. The van der Waals surface area contributed by atoms with Gasteiger partial charge < -0.3 is 10.5 Å². The highest BCUT2D eigenvalue weighted by molar-refractivity contribution is 7.89. The molecule has 0 heterocycles. The van der Waals surface area contributed by atoms with Gasteiger partial charge in [-0.1, -0.05) is 19.1 Å². The van der Waals surface area contributed by atoms with Crippen LogP contribution in [-0.2, 0) is 26.1 Å². The van der Waals surface area contributed by atoms with Gasteiger partial charge in [-0.15, -0.1) is 0 Å². The summed E-state index contributed by atoms with van der Waals surface area (Å²) in [6.07, 6.45) is -0.135. The van der Waals surface area contributed by atoms with E-state index in [2.05, 4.69) is 0 Å². The third-order valence-corrected chi connectivity index (χ3v) is 4.82. The Labute approximate surface area is 125 Å². The lowest BCUT2D eigenvalue weighted by molar-refractivity contribution is -0.142. The number of nitrogen functional groups attached to an aromatic ring is 1. The largest absolute Gasteiger partial charge is 0.466 e. The fraction of sp³-hybridized carbons (Fsp3) is 0.500. The van der Waals surface area contributed by atoms with Crippen molar-refractivity contribution in [3.05, 3.63) is 29.8 Å². The molecule has 0 saturated heterocycles. The number of sulfonamides is 1. The molecule has 0 amide bonds. The predicted octanol–water partition coefficient (Wildman–Crippen LogP) is 1.37. The van der Waals surface area contributed by atoms with E-state index in [-0.39, 0.29) is 25.3 Å². The van der Waals surface area contributed by atoms with Gasteiger partial charge in [0.05, 0.1) is 18.8 Å². The van der Waals surface area contributed by atoms with E-state index in [1.165, 1.54) is 4.31 Å². The number of ether oxygens (including phenoxy) is 1. The quantitative estimate of drug-likeness (QED) is 0.578. The highest BCUT2D eigenvalue weighted by Crippen LogP contribution is 2.13. The number of benzene rings is 1. The molecule has 1 aromatic rings. The fourth-order valence-electron chi connectivity index (χ4n) is 1.88. The third-order valence-electron chi connectivity index (χ3n) is 2.93. The van der Waals surface area contributed by atoms with E-state index in [0.29, 0.717) is 12.2 Å². The van der Waals surface area contributed by atoms with Crippen LogP contribution >= 0.6 is 0 Å². The van der Waals surface area contributed by atoms with Gasteiger partial charge in [0.25, 0.3) is 0 Å². The Hall–Kier alpha value is -1.60. The Morgan fingerprint density at radius 3 is 2.62 bits per heavy atom. The zero-order valence-electron chi connectivity index (χ0n) is 12.4. The number of nitrogens with zero attached hydrogens (tertiary/aromatic N) is 1. The van der Waals surface area contributed by atoms with Gasteiger partial charge in [-0.3, -0.25) is 4.79 Å². The van der Waals surface area contributed by atoms with Crippen molar-refractivity contribution in [3.63, 3.8) is 0 Å². The van der Waals surface area contributed by atoms with Crippen molar-refractivity contribution in [1.29, 1.82) is 0 Å². The van der Waals surface area contributed by atoms with Gasteiger partial charge in [-0.05, 0) is 24.6 Å². The average molecular weight is 314 g/mol. The molecule has 21 heavy (non-hydrogen) atoms. The molecule has 0 aliphatic heterocycles. The van der Waals surface area contributed by atoms with E-state index >= 15 is 0 Å². The summed E-state index contributed by atoms with van der Waals surface area (Å²) < 4.78 is 30.6. The standard InChI is InChI=1S/C14H22N2O4S/c1-3-16(11-12-6-5-7-13(15)10-12)21(18,19)9-8-14(17)20-4-2/h5-7,10H,3-4,8-9,11,15H2,1-2H3. The second kappa shape index (κ2) is 7.99. The highest BCUT2D eigenvalue weighted by Gasteiger charge is 2.22. The number of rotatable bonds is 8. The number of anilines is 1. The van der Waals surface area contributed by atoms with Crippen LogP contribution in [0.3, 0.4) is 0 Å². The summed E-state index contributed by atoms with van der Waals surface area (Å²) in [6.45, 7) is 4.27. The average Bonchev–Trinajstić information content (AvgIpc) is 2.43. The summed E-state index contributed by atoms with van der Waals surface area (Å²) in [4.78, 5) is 11.3. The van der Waals surface area contributed by atoms with Crippen molar-refractivity contribution in [2.45, 2.75) is 26.8 Å². The van der Waals surface area contributed by atoms with Gasteiger partial charge in [-0.25, -0.2) is 8.42 Å². The van der Waals surface area contributed by atoms with Gasteiger partial charge in [-0.2, -0.15) is 4.31 Å². The van der Waals surface area contributed by atoms with Crippen molar-refractivity contribution in [1.82, 2.24) is 4.31 Å². The lowest BCUT2D eigenvalue weighted by atomic mass is 10.2. The number of hydrogen-bond acceptors (Lipinski definition) is 5. The normalized spacial score (nSPS) is 11.6. The molecule has 2 N–H and O–H groups in total. The summed E-state index contributed by atoms with van der Waals surface area (Å²) >= 11 is 0. The molecule has 0 spiro atoms. The van der Waals surface area contributed by atoms with Crippen molar-refractivity contribution in [3.8, 4) is 0 Å². The molecule has 0 aliphatic rings. The van der Waals surface area contributed by atoms with E-state index in [4.69, 9.17) is 10.5 Å². The smallest absolute Gasteiger partial charge is 0.306 e. The van der Waals surface area contributed by atoms with Gasteiger partial charge in [0, 0.05) is 18.8 Å². The number of carbonyl (C=O) groups excluding carboxylic acids is 1. The molecular formula is C14H22N2O4S. The maximum absolute atomic E-state index is 12.2. The molecule has 0 radical (unpaired) electrons. The minimum atomic E-state index is -3.51. The molecule has 0 bridgehead atoms. The van der Waals surface area contributed by atoms with Gasteiger partial charge in [0.1, 0.15) is 0 Å². The maximum atomic E-state index is 12.2. The van der Waals surface area contributed by atoms with Crippen molar-refractivity contribution in [2.24, 2.45) is 0 Å².